The van der Waals surface area contributed by atoms with Crippen LogP contribution >= 0.6 is 15.9 Å². The first-order valence-corrected chi connectivity index (χ1v) is 8.67. The molecule has 0 unspecified atom stereocenters. The Labute approximate surface area is 122 Å². The van der Waals surface area contributed by atoms with E-state index in [1.807, 2.05) is 13.8 Å². The molecule has 19 heavy (non-hydrogen) atoms. The first-order chi connectivity index (χ1) is 8.82. The molecule has 108 valence electrons. The van der Waals surface area contributed by atoms with Gasteiger partial charge in [0.15, 0.2) is 0 Å². The Bertz CT molecular complexity index is 501. The Morgan fingerprint density at radius 2 is 2.11 bits per heavy atom. The zero-order chi connectivity index (χ0) is 14.5. The molecule has 0 aromatic carbocycles. The molecule has 8 heteroatoms. The van der Waals surface area contributed by atoms with Gasteiger partial charge in [-0.1, -0.05) is 6.92 Å². The quantitative estimate of drug-likeness (QED) is 0.597. The van der Waals surface area contributed by atoms with Gasteiger partial charge in [-0.3, -0.25) is 0 Å². The molecule has 0 spiro atoms. The first-order valence-electron chi connectivity index (χ1n) is 6.03. The molecule has 0 aliphatic heterocycles. The average Bonchev–Trinajstić information content (AvgIpc) is 2.25. The van der Waals surface area contributed by atoms with Crippen molar-refractivity contribution >= 4 is 31.8 Å². The Morgan fingerprint density at radius 1 is 1.42 bits per heavy atom. The lowest BCUT2D eigenvalue weighted by molar-refractivity contribution is 0.428. The van der Waals surface area contributed by atoms with E-state index >= 15 is 0 Å². The number of aromatic nitrogens is 2. The fourth-order valence-corrected chi connectivity index (χ4v) is 3.06. The molecular weight excluding hydrogens is 332 g/mol. The predicted octanol–water partition coefficient (Wildman–Crippen LogP) is 1.63. The molecule has 0 aliphatic carbocycles. The van der Waals surface area contributed by atoms with Gasteiger partial charge in [0.1, 0.15) is 16.2 Å². The smallest absolute Gasteiger partial charge is 0.211 e. The number of aryl methyl sites for hydroxylation is 1. The van der Waals surface area contributed by atoms with Gasteiger partial charge in [0.05, 0.1) is 6.26 Å². The second-order valence-electron chi connectivity index (χ2n) is 4.16. The molecule has 0 saturated carbocycles. The molecule has 6 nitrogen and oxygen atoms in total. The van der Waals surface area contributed by atoms with Crippen molar-refractivity contribution in [3.63, 3.8) is 0 Å². The zero-order valence-electron chi connectivity index (χ0n) is 11.4. The number of hydrogen-bond donors (Lipinski definition) is 1. The van der Waals surface area contributed by atoms with E-state index in [2.05, 4.69) is 31.2 Å². The molecular formula is C11H19BrN4O2S. The van der Waals surface area contributed by atoms with Crippen LogP contribution in [0.2, 0.25) is 0 Å². The first kappa shape index (κ1) is 16.3. The molecule has 1 N–H and O–H groups in total. The van der Waals surface area contributed by atoms with Crippen LogP contribution in [0.25, 0.3) is 0 Å². The maximum Gasteiger partial charge on any atom is 0.211 e. The van der Waals surface area contributed by atoms with Crippen molar-refractivity contribution in [2.24, 2.45) is 0 Å². The van der Waals surface area contributed by atoms with Gasteiger partial charge >= 0.3 is 0 Å². The van der Waals surface area contributed by atoms with Crippen molar-refractivity contribution in [1.29, 1.82) is 0 Å². The number of halogens is 1. The average molecular weight is 351 g/mol. The van der Waals surface area contributed by atoms with Crippen molar-refractivity contribution < 1.29 is 8.42 Å². The standard InChI is InChI=1S/C11H19BrN4O2S/c1-4-16(19(3,17)18)7-5-6-13-11-8-10(12)14-9(2)15-11/h8H,4-7H2,1-3H3,(H,13,14,15). The van der Waals surface area contributed by atoms with E-state index in [9.17, 15) is 8.42 Å². The molecule has 1 aromatic rings. The van der Waals surface area contributed by atoms with Gasteiger partial charge in [0.2, 0.25) is 10.0 Å². The summed E-state index contributed by atoms with van der Waals surface area (Å²) >= 11 is 3.30. The molecule has 0 atom stereocenters. The van der Waals surface area contributed by atoms with Gasteiger partial charge in [0.25, 0.3) is 0 Å². The van der Waals surface area contributed by atoms with Gasteiger partial charge in [-0.15, -0.1) is 0 Å². The highest BCUT2D eigenvalue weighted by Crippen LogP contribution is 2.11. The predicted molar refractivity (Wildman–Crippen MR) is 79.7 cm³/mol. The second-order valence-corrected chi connectivity index (χ2v) is 6.95. The topological polar surface area (TPSA) is 75.2 Å². The van der Waals surface area contributed by atoms with Crippen molar-refractivity contribution in [1.82, 2.24) is 14.3 Å². The summed E-state index contributed by atoms with van der Waals surface area (Å²) in [7, 11) is -3.10. The maximum atomic E-state index is 11.4. The fraction of sp³-hybridized carbons (Fsp3) is 0.636. The third kappa shape index (κ3) is 5.84. The largest absolute Gasteiger partial charge is 0.370 e. The van der Waals surface area contributed by atoms with E-state index < -0.39 is 10.0 Å². The van der Waals surface area contributed by atoms with Gasteiger partial charge in [-0.2, -0.15) is 0 Å². The minimum atomic E-state index is -3.10. The van der Waals surface area contributed by atoms with Crippen molar-refractivity contribution in [2.75, 3.05) is 31.2 Å². The van der Waals surface area contributed by atoms with Crippen LogP contribution in [0.1, 0.15) is 19.2 Å². The van der Waals surface area contributed by atoms with Gasteiger partial charge in [0, 0.05) is 25.7 Å². The Morgan fingerprint density at radius 3 is 2.63 bits per heavy atom. The van der Waals surface area contributed by atoms with Crippen LogP contribution in [0.5, 0.6) is 0 Å². The van der Waals surface area contributed by atoms with Crippen molar-refractivity contribution in [2.45, 2.75) is 20.3 Å². The van der Waals surface area contributed by atoms with Gasteiger partial charge < -0.3 is 5.32 Å². The highest BCUT2D eigenvalue weighted by Gasteiger charge is 2.13. The minimum Gasteiger partial charge on any atom is -0.370 e. The van der Waals surface area contributed by atoms with Crippen LogP contribution in [0.3, 0.4) is 0 Å². The number of nitrogens with zero attached hydrogens (tertiary/aromatic N) is 3. The molecule has 1 aromatic heterocycles. The van der Waals surface area contributed by atoms with E-state index in [-0.39, 0.29) is 0 Å². The number of rotatable bonds is 7. The van der Waals surface area contributed by atoms with Crippen LogP contribution in [-0.4, -0.2) is 48.6 Å². The number of nitrogens with one attached hydrogen (secondary N) is 1. The second kappa shape index (κ2) is 7.16. The lowest BCUT2D eigenvalue weighted by Gasteiger charge is -2.17. The number of anilines is 1. The van der Waals surface area contributed by atoms with E-state index in [0.29, 0.717) is 25.5 Å². The van der Waals surface area contributed by atoms with Crippen LogP contribution < -0.4 is 5.32 Å². The lowest BCUT2D eigenvalue weighted by Crippen LogP contribution is -2.31. The molecule has 0 radical (unpaired) electrons. The van der Waals surface area contributed by atoms with Crippen molar-refractivity contribution in [3.8, 4) is 0 Å². The third-order valence-electron chi connectivity index (χ3n) is 2.52. The van der Waals surface area contributed by atoms with E-state index in [1.54, 1.807) is 6.07 Å². The molecule has 1 rings (SSSR count). The Kier molecular flexibility index (Phi) is 6.15. The summed E-state index contributed by atoms with van der Waals surface area (Å²) in [5.74, 6) is 1.42. The lowest BCUT2D eigenvalue weighted by atomic mass is 10.4. The summed E-state index contributed by atoms with van der Waals surface area (Å²) in [6.45, 7) is 5.32. The summed E-state index contributed by atoms with van der Waals surface area (Å²) < 4.78 is 25.0. The molecule has 0 aliphatic rings. The molecule has 0 amide bonds. The van der Waals surface area contributed by atoms with E-state index in [4.69, 9.17) is 0 Å². The number of hydrogen-bond acceptors (Lipinski definition) is 5. The van der Waals surface area contributed by atoms with Crippen LogP contribution in [0, 0.1) is 6.92 Å². The molecule has 1 heterocycles. The highest BCUT2D eigenvalue weighted by atomic mass is 79.9. The molecule has 0 fully saturated rings. The zero-order valence-corrected chi connectivity index (χ0v) is 13.8. The summed E-state index contributed by atoms with van der Waals surface area (Å²) in [6.07, 6.45) is 1.95. The summed E-state index contributed by atoms with van der Waals surface area (Å²) in [5.41, 5.74) is 0. The van der Waals surface area contributed by atoms with Crippen LogP contribution in [0.15, 0.2) is 10.7 Å². The molecule has 0 saturated heterocycles. The maximum absolute atomic E-state index is 11.4. The van der Waals surface area contributed by atoms with E-state index in [0.717, 1.165) is 16.8 Å². The third-order valence-corrected chi connectivity index (χ3v) is 4.30. The van der Waals surface area contributed by atoms with Crippen LogP contribution in [-0.2, 0) is 10.0 Å². The van der Waals surface area contributed by atoms with Crippen molar-refractivity contribution in [3.05, 3.63) is 16.5 Å². The summed E-state index contributed by atoms with van der Waals surface area (Å²) in [4.78, 5) is 8.35. The summed E-state index contributed by atoms with van der Waals surface area (Å²) in [6, 6.07) is 1.79. The Balaban J connectivity index is 2.42. The minimum absolute atomic E-state index is 0.497. The normalized spacial score (nSPS) is 11.8. The fourth-order valence-electron chi connectivity index (χ4n) is 1.65. The van der Waals surface area contributed by atoms with Gasteiger partial charge in [-0.05, 0) is 29.3 Å². The summed E-state index contributed by atoms with van der Waals surface area (Å²) in [5, 5.41) is 3.15. The monoisotopic (exact) mass is 350 g/mol. The number of sulfonamides is 1. The van der Waals surface area contributed by atoms with Crippen LogP contribution in [0.4, 0.5) is 5.82 Å². The highest BCUT2D eigenvalue weighted by molar-refractivity contribution is 9.10. The van der Waals surface area contributed by atoms with Gasteiger partial charge in [-0.25, -0.2) is 22.7 Å². The van der Waals surface area contributed by atoms with E-state index in [1.165, 1.54) is 10.6 Å². The SMILES string of the molecule is CCN(CCCNc1cc(Br)nc(C)n1)S(C)(=O)=O. The Hall–Kier alpha value is -0.730. The molecule has 0 bridgehead atoms.